The molecule has 1 aliphatic rings. The molecule has 0 radical (unpaired) electrons. The number of ether oxygens (including phenoxy) is 1. The third-order valence-electron chi connectivity index (χ3n) is 6.64. The number of hydrogen-bond acceptors (Lipinski definition) is 3. The number of carbonyl (C=O) groups excluding carboxylic acids is 1. The molecule has 0 spiro atoms. The first kappa shape index (κ1) is 27.0. The molecule has 1 amide bonds. The molecule has 184 valence electrons. The first-order valence-electron chi connectivity index (χ1n) is 13.1. The lowest BCUT2D eigenvalue weighted by atomic mass is 9.92. The minimum absolute atomic E-state index is 0.00368. The molecule has 0 saturated heterocycles. The van der Waals surface area contributed by atoms with Crippen molar-refractivity contribution >= 4 is 5.91 Å². The van der Waals surface area contributed by atoms with Crippen molar-refractivity contribution in [1.82, 2.24) is 4.90 Å². The predicted molar refractivity (Wildman–Crippen MR) is 138 cm³/mol. The summed E-state index contributed by atoms with van der Waals surface area (Å²) in [7, 11) is 1.56. The molecule has 2 rings (SSSR count). The molecule has 1 unspecified atom stereocenters. The zero-order chi connectivity index (χ0) is 23.9. The summed E-state index contributed by atoms with van der Waals surface area (Å²) in [5, 5.41) is 10.1. The van der Waals surface area contributed by atoms with Gasteiger partial charge < -0.3 is 14.7 Å². The molecule has 0 fully saturated rings. The van der Waals surface area contributed by atoms with Crippen LogP contribution in [0.2, 0.25) is 0 Å². The SMILES string of the molecule is CCCCC/C=C/C/C=C/CCCCCCCC(=O)N1CCc2cc(OC)c(O)cc2C1C. The van der Waals surface area contributed by atoms with E-state index in [1.165, 1.54) is 50.5 Å². The van der Waals surface area contributed by atoms with E-state index in [1.807, 2.05) is 11.0 Å². The van der Waals surface area contributed by atoms with Crippen LogP contribution in [0.5, 0.6) is 11.5 Å². The van der Waals surface area contributed by atoms with Crippen molar-refractivity contribution in [2.45, 2.75) is 103 Å². The van der Waals surface area contributed by atoms with Crippen LogP contribution in [0.15, 0.2) is 36.4 Å². The molecule has 1 N–H and O–H groups in total. The maximum atomic E-state index is 12.8. The van der Waals surface area contributed by atoms with E-state index in [-0.39, 0.29) is 17.7 Å². The van der Waals surface area contributed by atoms with E-state index in [2.05, 4.69) is 38.2 Å². The van der Waals surface area contributed by atoms with E-state index in [9.17, 15) is 9.90 Å². The number of rotatable bonds is 15. The van der Waals surface area contributed by atoms with Gasteiger partial charge in [0.05, 0.1) is 13.2 Å². The van der Waals surface area contributed by atoms with E-state index in [0.29, 0.717) is 12.2 Å². The highest BCUT2D eigenvalue weighted by molar-refractivity contribution is 5.77. The summed E-state index contributed by atoms with van der Waals surface area (Å²) in [6.07, 6.45) is 23.7. The number of nitrogens with zero attached hydrogens (tertiary/aromatic N) is 1. The number of aromatic hydroxyl groups is 1. The van der Waals surface area contributed by atoms with Gasteiger partial charge in [0.25, 0.3) is 0 Å². The van der Waals surface area contributed by atoms with Crippen LogP contribution in [-0.4, -0.2) is 29.6 Å². The number of benzene rings is 1. The van der Waals surface area contributed by atoms with E-state index in [4.69, 9.17) is 4.74 Å². The number of amides is 1. The van der Waals surface area contributed by atoms with Gasteiger partial charge in [0.1, 0.15) is 0 Å². The Morgan fingerprint density at radius 2 is 1.70 bits per heavy atom. The monoisotopic (exact) mass is 455 g/mol. The normalized spacial score (nSPS) is 16.0. The molecule has 4 nitrogen and oxygen atoms in total. The maximum absolute atomic E-state index is 12.8. The van der Waals surface area contributed by atoms with Crippen molar-refractivity contribution in [3.63, 3.8) is 0 Å². The molecule has 0 aromatic heterocycles. The second-order valence-electron chi connectivity index (χ2n) is 9.22. The number of hydrogen-bond donors (Lipinski definition) is 1. The average Bonchev–Trinajstić information content (AvgIpc) is 2.81. The van der Waals surface area contributed by atoms with Crippen LogP contribution in [0.1, 0.15) is 108 Å². The van der Waals surface area contributed by atoms with Gasteiger partial charge in [-0.3, -0.25) is 4.79 Å². The smallest absolute Gasteiger partial charge is 0.223 e. The zero-order valence-corrected chi connectivity index (χ0v) is 21.2. The highest BCUT2D eigenvalue weighted by Gasteiger charge is 2.28. The quantitative estimate of drug-likeness (QED) is 0.218. The summed E-state index contributed by atoms with van der Waals surface area (Å²) < 4.78 is 5.22. The van der Waals surface area contributed by atoms with Crippen LogP contribution in [0.4, 0.5) is 0 Å². The van der Waals surface area contributed by atoms with Crippen LogP contribution in [0, 0.1) is 0 Å². The fourth-order valence-corrected chi connectivity index (χ4v) is 4.57. The molecular weight excluding hydrogens is 410 g/mol. The van der Waals surface area contributed by atoms with Crippen LogP contribution in [-0.2, 0) is 11.2 Å². The highest BCUT2D eigenvalue weighted by atomic mass is 16.5. The van der Waals surface area contributed by atoms with Crippen molar-refractivity contribution < 1.29 is 14.6 Å². The zero-order valence-electron chi connectivity index (χ0n) is 21.2. The van der Waals surface area contributed by atoms with Gasteiger partial charge in [0.2, 0.25) is 5.91 Å². The van der Waals surface area contributed by atoms with Gasteiger partial charge in [-0.15, -0.1) is 0 Å². The van der Waals surface area contributed by atoms with Gasteiger partial charge >= 0.3 is 0 Å². The molecule has 0 bridgehead atoms. The highest BCUT2D eigenvalue weighted by Crippen LogP contribution is 2.37. The Balaban J connectivity index is 1.56. The molecular formula is C29H45NO3. The summed E-state index contributed by atoms with van der Waals surface area (Å²) in [5.41, 5.74) is 2.20. The van der Waals surface area contributed by atoms with Gasteiger partial charge in [0.15, 0.2) is 11.5 Å². The molecule has 0 aliphatic carbocycles. The second-order valence-corrected chi connectivity index (χ2v) is 9.22. The Kier molecular flexibility index (Phi) is 12.8. The Morgan fingerprint density at radius 3 is 2.39 bits per heavy atom. The first-order valence-corrected chi connectivity index (χ1v) is 13.1. The molecule has 1 aliphatic heterocycles. The van der Waals surface area contributed by atoms with Crippen molar-refractivity contribution in [2.75, 3.05) is 13.7 Å². The van der Waals surface area contributed by atoms with Gasteiger partial charge in [-0.1, -0.05) is 63.3 Å². The second kappa shape index (κ2) is 15.6. The molecule has 1 atom stereocenters. The molecule has 1 heterocycles. The van der Waals surface area contributed by atoms with E-state index in [0.717, 1.165) is 44.2 Å². The lowest BCUT2D eigenvalue weighted by molar-refractivity contribution is -0.133. The summed E-state index contributed by atoms with van der Waals surface area (Å²) in [4.78, 5) is 14.8. The van der Waals surface area contributed by atoms with Crippen LogP contribution < -0.4 is 4.74 Å². The minimum atomic E-state index is -0.00368. The Bertz CT molecular complexity index is 768. The molecule has 0 saturated carbocycles. The summed E-state index contributed by atoms with van der Waals surface area (Å²) >= 11 is 0. The van der Waals surface area contributed by atoms with Crippen LogP contribution in [0.25, 0.3) is 0 Å². The number of methoxy groups -OCH3 is 1. The third-order valence-corrected chi connectivity index (χ3v) is 6.64. The predicted octanol–water partition coefficient (Wildman–Crippen LogP) is 7.66. The lowest BCUT2D eigenvalue weighted by Crippen LogP contribution is -2.38. The van der Waals surface area contributed by atoms with Gasteiger partial charge in [-0.2, -0.15) is 0 Å². The van der Waals surface area contributed by atoms with Crippen molar-refractivity contribution in [2.24, 2.45) is 0 Å². The summed E-state index contributed by atoms with van der Waals surface area (Å²) in [5.74, 6) is 0.881. The molecule has 1 aromatic rings. The number of fused-ring (bicyclic) bond motifs is 1. The van der Waals surface area contributed by atoms with Crippen molar-refractivity contribution in [1.29, 1.82) is 0 Å². The van der Waals surface area contributed by atoms with Crippen molar-refractivity contribution in [3.8, 4) is 11.5 Å². The fraction of sp³-hybridized carbons (Fsp3) is 0.621. The largest absolute Gasteiger partial charge is 0.504 e. The maximum Gasteiger partial charge on any atom is 0.223 e. The van der Waals surface area contributed by atoms with E-state index in [1.54, 1.807) is 13.2 Å². The Labute approximate surface area is 201 Å². The third kappa shape index (κ3) is 9.27. The summed E-state index contributed by atoms with van der Waals surface area (Å²) in [6, 6.07) is 3.66. The first-order chi connectivity index (χ1) is 16.1. The van der Waals surface area contributed by atoms with Gasteiger partial charge in [-0.05, 0) is 75.1 Å². The van der Waals surface area contributed by atoms with Gasteiger partial charge in [-0.25, -0.2) is 0 Å². The van der Waals surface area contributed by atoms with Crippen molar-refractivity contribution in [3.05, 3.63) is 47.6 Å². The topological polar surface area (TPSA) is 49.8 Å². The van der Waals surface area contributed by atoms with Crippen LogP contribution in [0.3, 0.4) is 0 Å². The average molecular weight is 456 g/mol. The fourth-order valence-electron chi connectivity index (χ4n) is 4.57. The lowest BCUT2D eigenvalue weighted by Gasteiger charge is -2.35. The van der Waals surface area contributed by atoms with E-state index >= 15 is 0 Å². The minimum Gasteiger partial charge on any atom is -0.504 e. The number of phenols is 1. The summed E-state index contributed by atoms with van der Waals surface area (Å²) in [6.45, 7) is 5.03. The Morgan fingerprint density at radius 1 is 1.03 bits per heavy atom. The number of allylic oxidation sites excluding steroid dienone is 4. The number of phenolic OH excluding ortho intramolecular Hbond substituents is 1. The molecule has 4 heteroatoms. The standard InChI is InChI=1S/C29H45NO3/c1-4-5-6-7-8-9-10-11-12-13-14-15-16-17-18-19-29(32)30-21-20-25-22-28(33-3)27(31)23-26(25)24(30)2/h8-9,11-12,22-24,31H,4-7,10,13-21H2,1-3H3/b9-8+,12-11+. The van der Waals surface area contributed by atoms with Crippen LogP contribution >= 0.6 is 0 Å². The Hall–Kier alpha value is -2.23. The van der Waals surface area contributed by atoms with E-state index < -0.39 is 0 Å². The number of unbranched alkanes of at least 4 members (excludes halogenated alkanes) is 8. The van der Waals surface area contributed by atoms with Gasteiger partial charge in [0, 0.05) is 13.0 Å². The molecule has 33 heavy (non-hydrogen) atoms. The number of carbonyl (C=O) groups is 1. The molecule has 1 aromatic carbocycles.